The van der Waals surface area contributed by atoms with Crippen molar-refractivity contribution in [1.29, 1.82) is 0 Å². The van der Waals surface area contributed by atoms with Crippen molar-refractivity contribution >= 4 is 17.3 Å². The summed E-state index contributed by atoms with van der Waals surface area (Å²) in [5.41, 5.74) is 6.44. The highest BCUT2D eigenvalue weighted by Crippen LogP contribution is 2.30. The molecule has 0 radical (unpaired) electrons. The molecule has 1 aliphatic carbocycles. The van der Waals surface area contributed by atoms with Gasteiger partial charge in [-0.05, 0) is 50.8 Å². The fraction of sp³-hybridized carbons (Fsp3) is 0.533. The number of benzene rings is 1. The molecular weight excluding hydrogens is 257 g/mol. The lowest BCUT2D eigenvalue weighted by atomic mass is 10.2. The molecular formula is C15H22FN3O. The van der Waals surface area contributed by atoms with Gasteiger partial charge in [-0.15, -0.1) is 0 Å². The van der Waals surface area contributed by atoms with E-state index in [1.807, 2.05) is 0 Å². The lowest BCUT2D eigenvalue weighted by Crippen LogP contribution is -2.39. The first-order valence-corrected chi connectivity index (χ1v) is 7.04. The van der Waals surface area contributed by atoms with E-state index in [9.17, 15) is 9.18 Å². The van der Waals surface area contributed by atoms with Crippen LogP contribution in [-0.2, 0) is 4.79 Å². The maximum absolute atomic E-state index is 13.2. The summed E-state index contributed by atoms with van der Waals surface area (Å²) in [5, 5.41) is 2.68. The predicted molar refractivity (Wildman–Crippen MR) is 78.9 cm³/mol. The molecule has 1 aromatic rings. The number of nitrogen functional groups attached to an aromatic ring is 1. The maximum atomic E-state index is 13.2. The van der Waals surface area contributed by atoms with Gasteiger partial charge in [0.25, 0.3) is 0 Å². The molecule has 110 valence electrons. The van der Waals surface area contributed by atoms with Crippen LogP contribution in [0.5, 0.6) is 0 Å². The molecule has 20 heavy (non-hydrogen) atoms. The zero-order valence-corrected chi connectivity index (χ0v) is 12.0. The van der Waals surface area contributed by atoms with Crippen molar-refractivity contribution in [2.45, 2.75) is 32.7 Å². The van der Waals surface area contributed by atoms with E-state index in [1.54, 1.807) is 0 Å². The Bertz CT molecular complexity index is 486. The van der Waals surface area contributed by atoms with Crippen LogP contribution in [0.15, 0.2) is 18.2 Å². The van der Waals surface area contributed by atoms with Crippen LogP contribution in [0.1, 0.15) is 26.7 Å². The number of halogens is 1. The third-order valence-electron chi connectivity index (χ3n) is 3.56. The molecule has 0 saturated heterocycles. The average Bonchev–Trinajstić information content (AvgIpc) is 3.17. The van der Waals surface area contributed by atoms with Crippen molar-refractivity contribution in [3.8, 4) is 0 Å². The zero-order valence-electron chi connectivity index (χ0n) is 12.0. The number of nitrogens with one attached hydrogen (secondary N) is 1. The van der Waals surface area contributed by atoms with Gasteiger partial charge in [-0.3, -0.25) is 9.69 Å². The topological polar surface area (TPSA) is 58.4 Å². The lowest BCUT2D eigenvalue weighted by Gasteiger charge is -2.25. The van der Waals surface area contributed by atoms with Gasteiger partial charge in [-0.2, -0.15) is 0 Å². The second-order valence-electron chi connectivity index (χ2n) is 5.75. The quantitative estimate of drug-likeness (QED) is 0.786. The van der Waals surface area contributed by atoms with Gasteiger partial charge in [0.15, 0.2) is 0 Å². The van der Waals surface area contributed by atoms with Gasteiger partial charge in [0.2, 0.25) is 5.91 Å². The molecule has 0 heterocycles. The van der Waals surface area contributed by atoms with Crippen molar-refractivity contribution in [3.63, 3.8) is 0 Å². The van der Waals surface area contributed by atoms with Crippen LogP contribution in [-0.4, -0.2) is 29.9 Å². The highest BCUT2D eigenvalue weighted by molar-refractivity contribution is 5.95. The molecule has 2 rings (SSSR count). The fourth-order valence-corrected chi connectivity index (χ4v) is 2.10. The fourth-order valence-electron chi connectivity index (χ4n) is 2.10. The number of carbonyl (C=O) groups excluding carboxylic acids is 1. The highest BCUT2D eigenvalue weighted by Gasteiger charge is 2.26. The van der Waals surface area contributed by atoms with Gasteiger partial charge < -0.3 is 11.1 Å². The van der Waals surface area contributed by atoms with Crippen LogP contribution >= 0.6 is 0 Å². The maximum Gasteiger partial charge on any atom is 0.238 e. The van der Waals surface area contributed by atoms with Gasteiger partial charge >= 0.3 is 0 Å². The van der Waals surface area contributed by atoms with Crippen molar-refractivity contribution in [2.75, 3.05) is 24.1 Å². The monoisotopic (exact) mass is 279 g/mol. The number of anilines is 2. The molecule has 0 atom stereocenters. The largest absolute Gasteiger partial charge is 0.397 e. The van der Waals surface area contributed by atoms with E-state index in [1.165, 1.54) is 31.0 Å². The number of hydrogen-bond donors (Lipinski definition) is 2. The second-order valence-corrected chi connectivity index (χ2v) is 5.75. The predicted octanol–water partition coefficient (Wildman–Crippen LogP) is 2.47. The summed E-state index contributed by atoms with van der Waals surface area (Å²) in [5.74, 6) is 0.161. The molecule has 0 bridgehead atoms. The first kappa shape index (κ1) is 14.8. The number of hydrogen-bond acceptors (Lipinski definition) is 3. The molecule has 1 amide bonds. The molecule has 0 spiro atoms. The van der Waals surface area contributed by atoms with E-state index in [4.69, 9.17) is 5.73 Å². The molecule has 5 heteroatoms. The van der Waals surface area contributed by atoms with Gasteiger partial charge in [-0.1, -0.05) is 0 Å². The molecule has 1 aliphatic rings. The molecule has 1 fully saturated rings. The number of amides is 1. The Kier molecular flexibility index (Phi) is 4.60. The Morgan fingerprint density at radius 1 is 1.50 bits per heavy atom. The third kappa shape index (κ3) is 4.20. The molecule has 1 aromatic carbocycles. The Morgan fingerprint density at radius 2 is 2.20 bits per heavy atom. The highest BCUT2D eigenvalue weighted by atomic mass is 19.1. The summed E-state index contributed by atoms with van der Waals surface area (Å²) >= 11 is 0. The standard InChI is InChI=1S/C15H22FN3O/c1-10(2)19(8-11-3-4-11)9-15(20)18-14-7-12(16)5-6-13(14)17/h5-7,10-11H,3-4,8-9,17H2,1-2H3,(H,18,20). The first-order chi connectivity index (χ1) is 9.45. The van der Waals surface area contributed by atoms with Crippen molar-refractivity contribution in [3.05, 3.63) is 24.0 Å². The molecule has 1 saturated carbocycles. The number of carbonyl (C=O) groups is 1. The molecule has 3 N–H and O–H groups in total. The van der Waals surface area contributed by atoms with E-state index in [2.05, 4.69) is 24.1 Å². The van der Waals surface area contributed by atoms with Crippen molar-refractivity contribution in [1.82, 2.24) is 4.90 Å². The Hall–Kier alpha value is -1.62. The molecule has 0 aromatic heterocycles. The van der Waals surface area contributed by atoms with Crippen molar-refractivity contribution < 1.29 is 9.18 Å². The summed E-state index contributed by atoms with van der Waals surface area (Å²) in [4.78, 5) is 14.2. The zero-order chi connectivity index (χ0) is 14.7. The van der Waals surface area contributed by atoms with Crippen LogP contribution in [0.4, 0.5) is 15.8 Å². The summed E-state index contributed by atoms with van der Waals surface area (Å²) in [6.45, 7) is 5.41. The van der Waals surface area contributed by atoms with E-state index < -0.39 is 5.82 Å². The van der Waals surface area contributed by atoms with Crippen LogP contribution in [0.3, 0.4) is 0 Å². The minimum absolute atomic E-state index is 0.156. The first-order valence-electron chi connectivity index (χ1n) is 7.04. The van der Waals surface area contributed by atoms with Crippen LogP contribution in [0, 0.1) is 11.7 Å². The van der Waals surface area contributed by atoms with Gasteiger partial charge in [0, 0.05) is 12.6 Å². The minimum atomic E-state index is -0.409. The molecule has 0 unspecified atom stereocenters. The average molecular weight is 279 g/mol. The van der Waals surface area contributed by atoms with Crippen LogP contribution in [0.25, 0.3) is 0 Å². The van der Waals surface area contributed by atoms with Gasteiger partial charge in [-0.25, -0.2) is 4.39 Å². The SMILES string of the molecule is CC(C)N(CC(=O)Nc1cc(F)ccc1N)CC1CC1. The third-order valence-corrected chi connectivity index (χ3v) is 3.56. The molecule has 4 nitrogen and oxygen atoms in total. The summed E-state index contributed by atoms with van der Waals surface area (Å²) in [6.07, 6.45) is 2.50. The van der Waals surface area contributed by atoms with Crippen molar-refractivity contribution in [2.24, 2.45) is 5.92 Å². The summed E-state index contributed by atoms with van der Waals surface area (Å²) in [7, 11) is 0. The second kappa shape index (κ2) is 6.22. The van der Waals surface area contributed by atoms with E-state index >= 15 is 0 Å². The number of nitrogens with two attached hydrogens (primary N) is 1. The van der Waals surface area contributed by atoms with E-state index in [0.29, 0.717) is 24.0 Å². The van der Waals surface area contributed by atoms with Crippen LogP contribution in [0.2, 0.25) is 0 Å². The Labute approximate surface area is 119 Å². The minimum Gasteiger partial charge on any atom is -0.397 e. The Morgan fingerprint density at radius 3 is 2.80 bits per heavy atom. The normalized spacial score (nSPS) is 14.8. The van der Waals surface area contributed by atoms with Gasteiger partial charge in [0.05, 0.1) is 17.9 Å². The number of nitrogens with zero attached hydrogens (tertiary/aromatic N) is 1. The van der Waals surface area contributed by atoms with Gasteiger partial charge in [0.1, 0.15) is 5.82 Å². The molecule has 0 aliphatic heterocycles. The van der Waals surface area contributed by atoms with Crippen LogP contribution < -0.4 is 11.1 Å². The summed E-state index contributed by atoms with van der Waals surface area (Å²) in [6, 6.07) is 4.29. The Balaban J connectivity index is 1.94. The summed E-state index contributed by atoms with van der Waals surface area (Å²) < 4.78 is 13.2. The van der Waals surface area contributed by atoms with E-state index in [-0.39, 0.29) is 5.91 Å². The number of rotatable bonds is 6. The smallest absolute Gasteiger partial charge is 0.238 e. The van der Waals surface area contributed by atoms with E-state index in [0.717, 1.165) is 12.5 Å². The lowest BCUT2D eigenvalue weighted by molar-refractivity contribution is -0.117.